The van der Waals surface area contributed by atoms with Crippen molar-refractivity contribution < 1.29 is 19.1 Å². The first kappa shape index (κ1) is 19.4. The van der Waals surface area contributed by atoms with E-state index in [0.29, 0.717) is 12.8 Å². The molecule has 0 unspecified atom stereocenters. The third-order valence-corrected chi connectivity index (χ3v) is 4.75. The van der Waals surface area contributed by atoms with E-state index in [4.69, 9.17) is 9.47 Å². The summed E-state index contributed by atoms with van der Waals surface area (Å²) in [7, 11) is 1.43. The minimum Gasteiger partial charge on any atom is -0.493 e. The number of ether oxygens (including phenoxy) is 2. The van der Waals surface area contributed by atoms with Gasteiger partial charge in [-0.3, -0.25) is 4.79 Å². The normalized spacial score (nSPS) is 15.3. The molecule has 8 heteroatoms. The molecule has 0 radical (unpaired) electrons. The maximum atomic E-state index is 12.4. The highest BCUT2D eigenvalue weighted by atomic mass is 16.5. The minimum absolute atomic E-state index is 0.0215. The monoisotopic (exact) mass is 382 g/mol. The zero-order valence-electron chi connectivity index (χ0n) is 15.7. The van der Waals surface area contributed by atoms with Gasteiger partial charge in [0.15, 0.2) is 12.4 Å². The molecule has 1 aromatic carbocycles. The number of nitriles is 1. The van der Waals surface area contributed by atoms with E-state index in [1.165, 1.54) is 11.8 Å². The van der Waals surface area contributed by atoms with Gasteiger partial charge in [-0.05, 0) is 25.0 Å². The van der Waals surface area contributed by atoms with Crippen LogP contribution in [-0.4, -0.2) is 40.9 Å². The van der Waals surface area contributed by atoms with Crippen LogP contribution < -0.4 is 10.1 Å². The SMILES string of the molecule is COc1cn(-c2ccccc2)nc1C(=O)OCC(=O)NC1(C#N)CCCCC1. The molecule has 8 nitrogen and oxygen atoms in total. The molecule has 0 spiro atoms. The van der Waals surface area contributed by atoms with Gasteiger partial charge in [-0.15, -0.1) is 0 Å². The summed E-state index contributed by atoms with van der Waals surface area (Å²) in [5, 5.41) is 16.3. The van der Waals surface area contributed by atoms with E-state index in [1.54, 1.807) is 6.20 Å². The number of nitrogens with one attached hydrogen (secondary N) is 1. The van der Waals surface area contributed by atoms with Gasteiger partial charge >= 0.3 is 5.97 Å². The highest BCUT2D eigenvalue weighted by molar-refractivity contribution is 5.92. The van der Waals surface area contributed by atoms with Crippen LogP contribution in [0.3, 0.4) is 0 Å². The number of benzene rings is 1. The predicted molar refractivity (Wildman–Crippen MR) is 100.0 cm³/mol. The Morgan fingerprint density at radius 2 is 1.96 bits per heavy atom. The predicted octanol–water partition coefficient (Wildman–Crippen LogP) is 2.38. The number of aromatic nitrogens is 2. The number of rotatable bonds is 6. The van der Waals surface area contributed by atoms with Gasteiger partial charge in [0.1, 0.15) is 5.54 Å². The van der Waals surface area contributed by atoms with Crippen LogP contribution in [0.15, 0.2) is 36.5 Å². The highest BCUT2D eigenvalue weighted by Gasteiger charge is 2.34. The van der Waals surface area contributed by atoms with E-state index in [-0.39, 0.29) is 11.4 Å². The molecule has 1 heterocycles. The molecule has 1 aromatic heterocycles. The first-order valence-electron chi connectivity index (χ1n) is 9.15. The van der Waals surface area contributed by atoms with Crippen LogP contribution in [0, 0.1) is 11.3 Å². The number of hydrogen-bond acceptors (Lipinski definition) is 6. The van der Waals surface area contributed by atoms with Crippen molar-refractivity contribution >= 4 is 11.9 Å². The van der Waals surface area contributed by atoms with Gasteiger partial charge in [-0.2, -0.15) is 10.4 Å². The lowest BCUT2D eigenvalue weighted by molar-refractivity contribution is -0.125. The first-order chi connectivity index (χ1) is 13.6. The zero-order valence-corrected chi connectivity index (χ0v) is 15.7. The quantitative estimate of drug-likeness (QED) is 0.769. The molecule has 2 aromatic rings. The molecule has 146 valence electrons. The molecule has 0 saturated heterocycles. The average Bonchev–Trinajstić information content (AvgIpc) is 3.18. The van der Waals surface area contributed by atoms with Crippen LogP contribution in [0.5, 0.6) is 5.75 Å². The number of hydrogen-bond donors (Lipinski definition) is 1. The van der Waals surface area contributed by atoms with Crippen LogP contribution in [0.1, 0.15) is 42.6 Å². The number of methoxy groups -OCH3 is 1. The van der Waals surface area contributed by atoms with Crippen LogP contribution >= 0.6 is 0 Å². The second-order valence-electron chi connectivity index (χ2n) is 6.71. The fraction of sp³-hybridized carbons (Fsp3) is 0.400. The Morgan fingerprint density at radius 1 is 1.25 bits per heavy atom. The van der Waals surface area contributed by atoms with Crippen molar-refractivity contribution in [2.45, 2.75) is 37.6 Å². The minimum atomic E-state index is -0.867. The second kappa shape index (κ2) is 8.57. The fourth-order valence-electron chi connectivity index (χ4n) is 3.28. The van der Waals surface area contributed by atoms with E-state index in [1.807, 2.05) is 30.3 Å². The van der Waals surface area contributed by atoms with Gasteiger partial charge in [-0.1, -0.05) is 37.5 Å². The average molecular weight is 382 g/mol. The van der Waals surface area contributed by atoms with Crippen molar-refractivity contribution in [1.82, 2.24) is 15.1 Å². The van der Waals surface area contributed by atoms with Crippen LogP contribution in [-0.2, 0) is 9.53 Å². The number of nitrogens with zero attached hydrogens (tertiary/aromatic N) is 3. The van der Waals surface area contributed by atoms with E-state index in [2.05, 4.69) is 16.5 Å². The molecule has 1 fully saturated rings. The van der Waals surface area contributed by atoms with Gasteiger partial charge in [-0.25, -0.2) is 9.48 Å². The number of para-hydroxylation sites is 1. The zero-order chi connectivity index (χ0) is 20.0. The summed E-state index contributed by atoms with van der Waals surface area (Å²) in [6, 6.07) is 11.4. The van der Waals surface area contributed by atoms with Gasteiger partial charge in [0, 0.05) is 0 Å². The summed E-state index contributed by atoms with van der Waals surface area (Å²) >= 11 is 0. The number of carbonyl (C=O) groups is 2. The van der Waals surface area contributed by atoms with Gasteiger partial charge in [0.2, 0.25) is 5.69 Å². The van der Waals surface area contributed by atoms with Crippen LogP contribution in [0.4, 0.5) is 0 Å². The lowest BCUT2D eigenvalue weighted by Gasteiger charge is -2.31. The summed E-state index contributed by atoms with van der Waals surface area (Å²) in [5.74, 6) is -1.02. The van der Waals surface area contributed by atoms with E-state index in [9.17, 15) is 14.9 Å². The molecule has 0 bridgehead atoms. The van der Waals surface area contributed by atoms with E-state index in [0.717, 1.165) is 24.9 Å². The maximum Gasteiger partial charge on any atom is 0.363 e. The van der Waals surface area contributed by atoms with Gasteiger partial charge in [0.05, 0.1) is 25.1 Å². The molecule has 1 aliphatic carbocycles. The van der Waals surface area contributed by atoms with Crippen molar-refractivity contribution in [1.29, 1.82) is 5.26 Å². The van der Waals surface area contributed by atoms with Crippen molar-refractivity contribution in [3.8, 4) is 17.5 Å². The van der Waals surface area contributed by atoms with Crippen molar-refractivity contribution in [2.75, 3.05) is 13.7 Å². The number of amides is 1. The van der Waals surface area contributed by atoms with E-state index < -0.39 is 24.0 Å². The van der Waals surface area contributed by atoms with Crippen LogP contribution in [0.2, 0.25) is 0 Å². The molecule has 28 heavy (non-hydrogen) atoms. The Morgan fingerprint density at radius 3 is 2.61 bits per heavy atom. The third kappa shape index (κ3) is 4.31. The van der Waals surface area contributed by atoms with Crippen molar-refractivity contribution in [2.24, 2.45) is 0 Å². The summed E-state index contributed by atoms with van der Waals surface area (Å²) < 4.78 is 11.8. The number of esters is 1. The van der Waals surface area contributed by atoms with Crippen molar-refractivity contribution in [3.05, 3.63) is 42.2 Å². The summed E-state index contributed by atoms with van der Waals surface area (Å²) in [5.41, 5.74) is -0.133. The Kier molecular flexibility index (Phi) is 5.94. The van der Waals surface area contributed by atoms with E-state index >= 15 is 0 Å². The summed E-state index contributed by atoms with van der Waals surface area (Å²) in [6.07, 6.45) is 5.62. The third-order valence-electron chi connectivity index (χ3n) is 4.75. The fourth-order valence-corrected chi connectivity index (χ4v) is 3.28. The molecule has 1 aliphatic rings. The standard InChI is InChI=1S/C20H22N4O4/c1-27-16-12-24(15-8-4-2-5-9-15)23-18(16)19(26)28-13-17(25)22-20(14-21)10-6-3-7-11-20/h2,4-5,8-9,12H,3,6-7,10-11,13H2,1H3,(H,22,25). The molecule has 3 rings (SSSR count). The first-order valence-corrected chi connectivity index (χ1v) is 9.15. The highest BCUT2D eigenvalue weighted by Crippen LogP contribution is 2.27. The lowest BCUT2D eigenvalue weighted by atomic mass is 9.83. The Labute approximate surface area is 163 Å². The molecule has 1 amide bonds. The second-order valence-corrected chi connectivity index (χ2v) is 6.71. The Hall–Kier alpha value is -3.34. The van der Waals surface area contributed by atoms with Gasteiger partial charge < -0.3 is 14.8 Å². The Balaban J connectivity index is 1.64. The summed E-state index contributed by atoms with van der Waals surface area (Å²) in [6.45, 7) is -0.483. The maximum absolute atomic E-state index is 12.4. The number of carbonyl (C=O) groups excluding carboxylic acids is 2. The largest absolute Gasteiger partial charge is 0.493 e. The summed E-state index contributed by atoms with van der Waals surface area (Å²) in [4.78, 5) is 24.6. The smallest absolute Gasteiger partial charge is 0.363 e. The molecule has 0 aliphatic heterocycles. The topological polar surface area (TPSA) is 106 Å². The molecule has 1 N–H and O–H groups in total. The van der Waals surface area contributed by atoms with Gasteiger partial charge in [0.25, 0.3) is 5.91 Å². The molecular weight excluding hydrogens is 360 g/mol. The van der Waals surface area contributed by atoms with Crippen molar-refractivity contribution in [3.63, 3.8) is 0 Å². The molecule has 1 saturated carbocycles. The molecule has 0 atom stereocenters. The van der Waals surface area contributed by atoms with Crippen LogP contribution in [0.25, 0.3) is 5.69 Å². The lowest BCUT2D eigenvalue weighted by Crippen LogP contribution is -2.50. The molecular formula is C20H22N4O4. The Bertz CT molecular complexity index is 879.